The van der Waals surface area contributed by atoms with Crippen LogP contribution in [0, 0.1) is 11.8 Å². The smallest absolute Gasteiger partial charge is 0.227 e. The first-order valence-electron chi connectivity index (χ1n) is 7.31. The molecule has 1 aliphatic carbocycles. The van der Waals surface area contributed by atoms with Crippen molar-refractivity contribution in [1.82, 2.24) is 10.2 Å². The lowest BCUT2D eigenvalue weighted by Gasteiger charge is -2.17. The fourth-order valence-electron chi connectivity index (χ4n) is 2.81. The van der Waals surface area contributed by atoms with Crippen molar-refractivity contribution in [3.63, 3.8) is 0 Å². The van der Waals surface area contributed by atoms with Crippen LogP contribution in [0.1, 0.15) is 19.3 Å². The van der Waals surface area contributed by atoms with Crippen LogP contribution in [0.5, 0.6) is 0 Å². The maximum Gasteiger partial charge on any atom is 0.227 e. The molecule has 0 bridgehead atoms. The first kappa shape index (κ1) is 18.2. The highest BCUT2D eigenvalue weighted by Crippen LogP contribution is 2.32. The molecule has 1 fully saturated rings. The summed E-state index contributed by atoms with van der Waals surface area (Å²) in [5, 5.41) is 10.8. The predicted octanol–water partition coefficient (Wildman–Crippen LogP) is 3.42. The van der Waals surface area contributed by atoms with Crippen molar-refractivity contribution in [3.8, 4) is 0 Å². The van der Waals surface area contributed by atoms with Crippen molar-refractivity contribution in [2.75, 3.05) is 11.9 Å². The molecule has 8 heteroatoms. The molecule has 1 aromatic heterocycles. The molecule has 124 valence electrons. The van der Waals surface area contributed by atoms with Crippen LogP contribution >= 0.6 is 35.5 Å². The summed E-state index contributed by atoms with van der Waals surface area (Å²) in [6.07, 6.45) is 3.10. The van der Waals surface area contributed by atoms with Crippen molar-refractivity contribution in [3.05, 3.63) is 29.8 Å². The van der Waals surface area contributed by atoms with Crippen LogP contribution in [0.3, 0.4) is 0 Å². The number of rotatable bonds is 5. The van der Waals surface area contributed by atoms with Crippen LogP contribution < -0.4 is 11.1 Å². The van der Waals surface area contributed by atoms with Crippen molar-refractivity contribution in [1.29, 1.82) is 0 Å². The Morgan fingerprint density at radius 2 is 2.13 bits per heavy atom. The van der Waals surface area contributed by atoms with Gasteiger partial charge in [0.25, 0.3) is 0 Å². The molecule has 0 radical (unpaired) electrons. The van der Waals surface area contributed by atoms with Crippen LogP contribution in [0.25, 0.3) is 0 Å². The van der Waals surface area contributed by atoms with E-state index in [-0.39, 0.29) is 24.2 Å². The zero-order valence-corrected chi connectivity index (χ0v) is 14.9. The van der Waals surface area contributed by atoms with Gasteiger partial charge in [-0.15, -0.1) is 22.6 Å². The molecule has 1 heterocycles. The summed E-state index contributed by atoms with van der Waals surface area (Å²) in [4.78, 5) is 13.4. The monoisotopic (exact) mass is 370 g/mol. The van der Waals surface area contributed by atoms with Gasteiger partial charge in [0.05, 0.1) is 0 Å². The summed E-state index contributed by atoms with van der Waals surface area (Å²) < 4.78 is 0.911. The SMILES string of the molecule is Cl.NC[C@H]1CCC[C@H]1C(=O)Nc1ccc(Sc2nncs2)cc1. The third-order valence-corrected chi connectivity index (χ3v) is 5.75. The summed E-state index contributed by atoms with van der Waals surface area (Å²) >= 11 is 3.08. The number of nitrogens with two attached hydrogens (primary N) is 1. The molecule has 2 atom stereocenters. The lowest BCUT2D eigenvalue weighted by atomic mass is 9.95. The van der Waals surface area contributed by atoms with Crippen LogP contribution in [0.4, 0.5) is 5.69 Å². The van der Waals surface area contributed by atoms with Gasteiger partial charge in [0, 0.05) is 16.5 Å². The van der Waals surface area contributed by atoms with Crippen LogP contribution in [-0.4, -0.2) is 22.6 Å². The van der Waals surface area contributed by atoms with Gasteiger partial charge < -0.3 is 11.1 Å². The number of anilines is 1. The van der Waals surface area contributed by atoms with Gasteiger partial charge in [0.1, 0.15) is 5.51 Å². The molecule has 5 nitrogen and oxygen atoms in total. The van der Waals surface area contributed by atoms with E-state index in [0.29, 0.717) is 12.5 Å². The van der Waals surface area contributed by atoms with E-state index in [1.807, 2.05) is 24.3 Å². The van der Waals surface area contributed by atoms with E-state index < -0.39 is 0 Å². The van der Waals surface area contributed by atoms with Crippen molar-refractivity contribution >= 4 is 47.1 Å². The number of carbonyl (C=O) groups is 1. The topological polar surface area (TPSA) is 80.9 Å². The second-order valence-electron chi connectivity index (χ2n) is 5.35. The molecule has 0 spiro atoms. The van der Waals surface area contributed by atoms with Crippen molar-refractivity contribution in [2.24, 2.45) is 17.6 Å². The zero-order valence-electron chi connectivity index (χ0n) is 12.5. The third kappa shape index (κ3) is 4.67. The molecule has 0 unspecified atom stereocenters. The largest absolute Gasteiger partial charge is 0.330 e. The number of nitrogens with one attached hydrogen (secondary N) is 1. The molecule has 3 N–H and O–H groups in total. The zero-order chi connectivity index (χ0) is 15.4. The first-order chi connectivity index (χ1) is 10.8. The molecule has 1 aromatic carbocycles. The fourth-order valence-corrected chi connectivity index (χ4v) is 4.26. The average molecular weight is 371 g/mol. The van der Waals surface area contributed by atoms with Crippen molar-refractivity contribution in [2.45, 2.75) is 28.5 Å². The highest BCUT2D eigenvalue weighted by atomic mass is 35.5. The highest BCUT2D eigenvalue weighted by molar-refractivity contribution is 8.01. The molecule has 3 rings (SSSR count). The lowest BCUT2D eigenvalue weighted by Crippen LogP contribution is -2.29. The number of halogens is 1. The Morgan fingerprint density at radius 3 is 2.78 bits per heavy atom. The fraction of sp³-hybridized carbons (Fsp3) is 0.400. The lowest BCUT2D eigenvalue weighted by molar-refractivity contribution is -0.120. The number of aromatic nitrogens is 2. The van der Waals surface area contributed by atoms with Gasteiger partial charge in [-0.1, -0.05) is 29.5 Å². The van der Waals surface area contributed by atoms with Gasteiger partial charge in [0.15, 0.2) is 4.34 Å². The van der Waals surface area contributed by atoms with E-state index in [1.165, 1.54) is 11.3 Å². The van der Waals surface area contributed by atoms with Gasteiger partial charge in [-0.05, 0) is 49.6 Å². The molecule has 0 saturated heterocycles. The van der Waals surface area contributed by atoms with E-state index in [4.69, 9.17) is 5.73 Å². The Labute approximate surface area is 149 Å². The van der Waals surface area contributed by atoms with Crippen LogP contribution in [0.15, 0.2) is 39.0 Å². The van der Waals surface area contributed by atoms with Crippen molar-refractivity contribution < 1.29 is 4.79 Å². The Hall–Kier alpha value is -1.15. The Bertz CT molecular complexity index is 621. The van der Waals surface area contributed by atoms with Gasteiger partial charge in [-0.3, -0.25) is 4.79 Å². The molecule has 0 aliphatic heterocycles. The van der Waals surface area contributed by atoms with Crippen LogP contribution in [0.2, 0.25) is 0 Å². The molecular formula is C15H19ClN4OS2. The number of hydrogen-bond donors (Lipinski definition) is 2. The number of nitrogens with zero attached hydrogens (tertiary/aromatic N) is 2. The quantitative estimate of drug-likeness (QED) is 0.842. The summed E-state index contributed by atoms with van der Waals surface area (Å²) in [6, 6.07) is 7.81. The predicted molar refractivity (Wildman–Crippen MR) is 96.2 cm³/mol. The Morgan fingerprint density at radius 1 is 1.35 bits per heavy atom. The average Bonchev–Trinajstić information content (AvgIpc) is 3.20. The second kappa shape index (κ2) is 8.63. The minimum absolute atomic E-state index is 0. The molecule has 2 aromatic rings. The minimum atomic E-state index is 0. The normalized spacial score (nSPS) is 20.0. The number of amides is 1. The van der Waals surface area contributed by atoms with E-state index in [2.05, 4.69) is 15.5 Å². The maximum absolute atomic E-state index is 12.3. The summed E-state index contributed by atoms with van der Waals surface area (Å²) in [5.74, 6) is 0.477. The minimum Gasteiger partial charge on any atom is -0.330 e. The van der Waals surface area contributed by atoms with Gasteiger partial charge in [0.2, 0.25) is 5.91 Å². The standard InChI is InChI=1S/C15H18N4OS2.ClH/c16-8-10-2-1-3-13(10)14(20)18-11-4-6-12(7-5-11)22-15-19-17-9-21-15;/h4-7,9-10,13H,1-3,8,16H2,(H,18,20);1H/t10-,13-;/m1./s1. The molecule has 1 aliphatic rings. The Balaban J connectivity index is 0.00000192. The highest BCUT2D eigenvalue weighted by Gasteiger charge is 2.31. The maximum atomic E-state index is 12.3. The van der Waals surface area contributed by atoms with E-state index in [9.17, 15) is 4.79 Å². The van der Waals surface area contributed by atoms with E-state index in [0.717, 1.165) is 34.2 Å². The number of carbonyl (C=O) groups excluding carboxylic acids is 1. The molecule has 1 amide bonds. The summed E-state index contributed by atoms with van der Waals surface area (Å²) in [7, 11) is 0. The molecule has 1 saturated carbocycles. The van der Waals surface area contributed by atoms with Gasteiger partial charge >= 0.3 is 0 Å². The molecule has 23 heavy (non-hydrogen) atoms. The Kier molecular flexibility index (Phi) is 6.83. The van der Waals surface area contributed by atoms with Gasteiger partial charge in [-0.2, -0.15) is 0 Å². The summed E-state index contributed by atoms with van der Waals surface area (Å²) in [5.41, 5.74) is 8.29. The third-order valence-electron chi connectivity index (χ3n) is 3.97. The molecular weight excluding hydrogens is 352 g/mol. The van der Waals surface area contributed by atoms with Crippen LogP contribution in [-0.2, 0) is 4.79 Å². The van der Waals surface area contributed by atoms with E-state index in [1.54, 1.807) is 17.3 Å². The van der Waals surface area contributed by atoms with E-state index >= 15 is 0 Å². The van der Waals surface area contributed by atoms with Gasteiger partial charge in [-0.25, -0.2) is 0 Å². The first-order valence-corrected chi connectivity index (χ1v) is 9.01. The number of benzene rings is 1. The number of hydrogen-bond acceptors (Lipinski definition) is 6. The second-order valence-corrected chi connectivity index (χ2v) is 7.51. The summed E-state index contributed by atoms with van der Waals surface area (Å²) in [6.45, 7) is 0.593.